The number of hydrogen-bond donors (Lipinski definition) is 0. The van der Waals surface area contributed by atoms with E-state index in [1.54, 1.807) is 0 Å². The van der Waals surface area contributed by atoms with Gasteiger partial charge in [0.2, 0.25) is 0 Å². The molecule has 0 N–H and O–H groups in total. The summed E-state index contributed by atoms with van der Waals surface area (Å²) in [4.78, 5) is 9.11. The number of aromatic nitrogens is 2. The van der Waals surface area contributed by atoms with Crippen LogP contribution in [0.25, 0.3) is 6.08 Å². The van der Waals surface area contributed by atoms with Gasteiger partial charge >= 0.3 is 0 Å². The second-order valence-electron chi connectivity index (χ2n) is 5.16. The van der Waals surface area contributed by atoms with Crippen LogP contribution in [0.5, 0.6) is 0 Å². The molecule has 1 rings (SSSR count). The summed E-state index contributed by atoms with van der Waals surface area (Å²) in [5.74, 6) is 1.21. The molecule has 0 aliphatic carbocycles. The van der Waals surface area contributed by atoms with E-state index in [1.165, 1.54) is 6.42 Å². The molecule has 0 saturated carbocycles. The molecule has 17 heavy (non-hydrogen) atoms. The highest BCUT2D eigenvalue weighted by Crippen LogP contribution is 2.15. The van der Waals surface area contributed by atoms with Crippen molar-refractivity contribution in [2.24, 2.45) is 11.8 Å². The zero-order chi connectivity index (χ0) is 12.8. The molecular formula is C15H24N2. The van der Waals surface area contributed by atoms with Crippen molar-refractivity contribution in [3.05, 3.63) is 29.4 Å². The summed E-state index contributed by atoms with van der Waals surface area (Å²) in [6, 6.07) is 0. The molecule has 2 nitrogen and oxygen atoms in total. The van der Waals surface area contributed by atoms with Gasteiger partial charge in [-0.1, -0.05) is 40.2 Å². The second kappa shape index (κ2) is 6.53. The molecule has 0 fully saturated rings. The van der Waals surface area contributed by atoms with Gasteiger partial charge in [-0.05, 0) is 31.3 Å². The maximum Gasteiger partial charge on any atom is 0.0842 e. The van der Waals surface area contributed by atoms with Crippen molar-refractivity contribution in [3.63, 3.8) is 0 Å². The van der Waals surface area contributed by atoms with Gasteiger partial charge < -0.3 is 0 Å². The van der Waals surface area contributed by atoms with Gasteiger partial charge in [0.05, 0.1) is 17.1 Å². The van der Waals surface area contributed by atoms with Crippen molar-refractivity contribution in [3.8, 4) is 0 Å². The summed E-state index contributed by atoms with van der Waals surface area (Å²) in [6.45, 7) is 10.8. The summed E-state index contributed by atoms with van der Waals surface area (Å²) in [5, 5.41) is 0. The van der Waals surface area contributed by atoms with E-state index in [2.05, 4.69) is 49.8 Å². The molecule has 0 aromatic carbocycles. The van der Waals surface area contributed by atoms with Gasteiger partial charge in [0.25, 0.3) is 0 Å². The van der Waals surface area contributed by atoms with E-state index in [9.17, 15) is 0 Å². The minimum absolute atomic E-state index is 0.551. The summed E-state index contributed by atoms with van der Waals surface area (Å²) >= 11 is 0. The van der Waals surface area contributed by atoms with Gasteiger partial charge in [-0.15, -0.1) is 0 Å². The topological polar surface area (TPSA) is 25.8 Å². The molecule has 0 saturated heterocycles. The lowest BCUT2D eigenvalue weighted by Crippen LogP contribution is -2.05. The van der Waals surface area contributed by atoms with Crippen LogP contribution >= 0.6 is 0 Å². The zero-order valence-electron chi connectivity index (χ0n) is 11.7. The van der Waals surface area contributed by atoms with E-state index < -0.39 is 0 Å². The third-order valence-electron chi connectivity index (χ3n) is 2.88. The molecule has 94 valence electrons. The largest absolute Gasteiger partial charge is 0.254 e. The van der Waals surface area contributed by atoms with Crippen molar-refractivity contribution in [1.82, 2.24) is 9.97 Å². The number of allylic oxidation sites excluding steroid dienone is 1. The first-order valence-corrected chi connectivity index (χ1v) is 6.53. The van der Waals surface area contributed by atoms with E-state index >= 15 is 0 Å². The SMILES string of the molecule is CCC(C)Cc1nc(C)cnc1/C=C/C(C)C. The maximum absolute atomic E-state index is 4.63. The standard InChI is InChI=1S/C15H24N2/c1-6-12(4)9-15-14(8-7-11(2)3)16-10-13(5)17-15/h7-8,10-12H,6,9H2,1-5H3/b8-7+. The van der Waals surface area contributed by atoms with Crippen LogP contribution in [0.4, 0.5) is 0 Å². The highest BCUT2D eigenvalue weighted by atomic mass is 14.8. The second-order valence-corrected chi connectivity index (χ2v) is 5.16. The lowest BCUT2D eigenvalue weighted by Gasteiger charge is -2.10. The minimum atomic E-state index is 0.551. The highest BCUT2D eigenvalue weighted by molar-refractivity contribution is 5.47. The number of aryl methyl sites for hydroxylation is 1. The molecule has 1 aromatic heterocycles. The van der Waals surface area contributed by atoms with Crippen molar-refractivity contribution >= 4 is 6.08 Å². The van der Waals surface area contributed by atoms with Crippen molar-refractivity contribution in [2.75, 3.05) is 0 Å². The van der Waals surface area contributed by atoms with Gasteiger partial charge in [-0.3, -0.25) is 9.97 Å². The van der Waals surface area contributed by atoms with Gasteiger partial charge in [-0.25, -0.2) is 0 Å². The number of hydrogen-bond acceptors (Lipinski definition) is 2. The van der Waals surface area contributed by atoms with Crippen LogP contribution in [-0.2, 0) is 6.42 Å². The van der Waals surface area contributed by atoms with Crippen LogP contribution in [0.1, 0.15) is 51.2 Å². The first-order valence-electron chi connectivity index (χ1n) is 6.53. The lowest BCUT2D eigenvalue weighted by atomic mass is 10.0. The van der Waals surface area contributed by atoms with Gasteiger partial charge in [0, 0.05) is 6.20 Å². The Hall–Kier alpha value is -1.18. The first kappa shape index (κ1) is 13.9. The van der Waals surface area contributed by atoms with E-state index in [4.69, 9.17) is 0 Å². The molecule has 0 radical (unpaired) electrons. The average molecular weight is 232 g/mol. The molecule has 0 bridgehead atoms. The Kier molecular flexibility index (Phi) is 5.33. The fourth-order valence-electron chi connectivity index (χ4n) is 1.58. The molecule has 0 spiro atoms. The summed E-state index contributed by atoms with van der Waals surface area (Å²) in [7, 11) is 0. The Labute approximate surface area is 105 Å². The molecule has 2 heteroatoms. The predicted octanol–water partition coefficient (Wildman–Crippen LogP) is 4.04. The third kappa shape index (κ3) is 4.68. The van der Waals surface area contributed by atoms with E-state index in [-0.39, 0.29) is 0 Å². The van der Waals surface area contributed by atoms with Gasteiger partial charge in [-0.2, -0.15) is 0 Å². The van der Waals surface area contributed by atoms with Gasteiger partial charge in [0.15, 0.2) is 0 Å². The molecule has 1 atom stereocenters. The fourth-order valence-corrected chi connectivity index (χ4v) is 1.58. The molecule has 0 amide bonds. The summed E-state index contributed by atoms with van der Waals surface area (Å²) in [5.41, 5.74) is 3.17. The molecular weight excluding hydrogens is 208 g/mol. The Bertz CT molecular complexity index is 381. The average Bonchev–Trinajstić information content (AvgIpc) is 2.27. The van der Waals surface area contributed by atoms with Crippen LogP contribution in [0.2, 0.25) is 0 Å². The molecule has 1 aromatic rings. The Morgan fingerprint density at radius 1 is 1.29 bits per heavy atom. The minimum Gasteiger partial charge on any atom is -0.254 e. The van der Waals surface area contributed by atoms with Crippen LogP contribution < -0.4 is 0 Å². The summed E-state index contributed by atoms with van der Waals surface area (Å²) < 4.78 is 0. The predicted molar refractivity (Wildman–Crippen MR) is 73.8 cm³/mol. The molecule has 1 unspecified atom stereocenters. The smallest absolute Gasteiger partial charge is 0.0842 e. The van der Waals surface area contributed by atoms with Crippen molar-refractivity contribution < 1.29 is 0 Å². The van der Waals surface area contributed by atoms with E-state index in [1.807, 2.05) is 13.1 Å². The fraction of sp³-hybridized carbons (Fsp3) is 0.600. The normalized spacial score (nSPS) is 13.5. The maximum atomic E-state index is 4.63. The molecule has 1 heterocycles. The molecule has 0 aliphatic heterocycles. The van der Waals surface area contributed by atoms with Crippen LogP contribution in [-0.4, -0.2) is 9.97 Å². The monoisotopic (exact) mass is 232 g/mol. The lowest BCUT2D eigenvalue weighted by molar-refractivity contribution is 0.550. The Morgan fingerprint density at radius 2 is 2.00 bits per heavy atom. The van der Waals surface area contributed by atoms with E-state index in [0.717, 1.165) is 23.5 Å². The van der Waals surface area contributed by atoms with Crippen LogP contribution in [0.3, 0.4) is 0 Å². The van der Waals surface area contributed by atoms with Crippen LogP contribution in [0.15, 0.2) is 12.3 Å². The third-order valence-corrected chi connectivity index (χ3v) is 2.88. The molecule has 0 aliphatic rings. The number of rotatable bonds is 5. The highest BCUT2D eigenvalue weighted by Gasteiger charge is 2.08. The van der Waals surface area contributed by atoms with Crippen molar-refractivity contribution in [1.29, 1.82) is 0 Å². The number of nitrogens with zero attached hydrogens (tertiary/aromatic N) is 2. The van der Waals surface area contributed by atoms with Crippen LogP contribution in [0, 0.1) is 18.8 Å². The van der Waals surface area contributed by atoms with Gasteiger partial charge in [0.1, 0.15) is 0 Å². The zero-order valence-corrected chi connectivity index (χ0v) is 11.7. The quantitative estimate of drug-likeness (QED) is 0.765. The van der Waals surface area contributed by atoms with E-state index in [0.29, 0.717) is 11.8 Å². The summed E-state index contributed by atoms with van der Waals surface area (Å²) in [6.07, 6.45) is 8.33. The first-order chi connectivity index (χ1) is 8.02. The Balaban J connectivity index is 2.95. The Morgan fingerprint density at radius 3 is 2.59 bits per heavy atom. The van der Waals surface area contributed by atoms with Crippen molar-refractivity contribution in [2.45, 2.75) is 47.5 Å².